The van der Waals surface area contributed by atoms with Crippen LogP contribution < -0.4 is 15.2 Å². The number of amides is 1. The van der Waals surface area contributed by atoms with E-state index in [0.717, 1.165) is 0 Å². The van der Waals surface area contributed by atoms with Crippen LogP contribution in [0.1, 0.15) is 10.4 Å². The number of nitrogens with one attached hydrogen (secondary N) is 1. The first-order valence-electron chi connectivity index (χ1n) is 9.70. The Morgan fingerprint density at radius 1 is 0.941 bits per heavy atom. The summed E-state index contributed by atoms with van der Waals surface area (Å²) in [5.41, 5.74) is 2.00. The lowest BCUT2D eigenvalue weighted by atomic mass is 10.1. The number of nitrogens with zero attached hydrogens (tertiary/aromatic N) is 1. The molecule has 0 radical (unpaired) electrons. The van der Waals surface area contributed by atoms with Crippen LogP contribution in [0.2, 0.25) is 0 Å². The topological polar surface area (TPSA) is 111 Å². The molecule has 0 spiro atoms. The van der Waals surface area contributed by atoms with Crippen molar-refractivity contribution in [3.8, 4) is 17.0 Å². The molecule has 7 nitrogen and oxygen atoms in total. The number of carbonyl (C=O) groups is 1. The molecule has 0 aliphatic rings. The van der Waals surface area contributed by atoms with Crippen LogP contribution in [-0.2, 0) is 10.0 Å². The maximum Gasteiger partial charge on any atom is 0.573 e. The van der Waals surface area contributed by atoms with Gasteiger partial charge in [0.25, 0.3) is 5.91 Å². The van der Waals surface area contributed by atoms with Crippen LogP contribution in [0.3, 0.4) is 0 Å². The third-order valence-electron chi connectivity index (χ3n) is 4.78. The molecular weight excluding hydrogens is 471 g/mol. The Labute approximate surface area is 192 Å². The lowest BCUT2D eigenvalue weighted by molar-refractivity contribution is -0.274. The molecule has 4 rings (SSSR count). The van der Waals surface area contributed by atoms with E-state index in [4.69, 9.17) is 5.14 Å². The number of primary sulfonamides is 1. The van der Waals surface area contributed by atoms with Crippen molar-refractivity contribution in [2.45, 2.75) is 11.3 Å². The minimum atomic E-state index is -4.78. The van der Waals surface area contributed by atoms with Crippen LogP contribution in [0.4, 0.5) is 18.9 Å². The highest BCUT2D eigenvalue weighted by Gasteiger charge is 2.31. The minimum Gasteiger partial charge on any atom is -0.406 e. The Bertz CT molecular complexity index is 1490. The number of carbonyl (C=O) groups excluding carboxylic acids is 1. The van der Waals surface area contributed by atoms with Gasteiger partial charge in [-0.05, 0) is 48.5 Å². The fraction of sp³-hybridized carbons (Fsp3) is 0.0435. The van der Waals surface area contributed by atoms with E-state index in [1.165, 1.54) is 48.5 Å². The summed E-state index contributed by atoms with van der Waals surface area (Å²) >= 11 is 0. The number of para-hydroxylation sites is 1. The molecule has 3 N–H and O–H groups in total. The molecule has 0 saturated carbocycles. The third kappa shape index (κ3) is 5.33. The molecule has 1 aromatic heterocycles. The largest absolute Gasteiger partial charge is 0.573 e. The minimum absolute atomic E-state index is 0.0594. The number of pyridine rings is 1. The molecule has 0 bridgehead atoms. The smallest absolute Gasteiger partial charge is 0.406 e. The summed E-state index contributed by atoms with van der Waals surface area (Å²) in [6.07, 6.45) is -4.78. The highest BCUT2D eigenvalue weighted by Crippen LogP contribution is 2.28. The van der Waals surface area contributed by atoms with Crippen molar-refractivity contribution in [3.63, 3.8) is 0 Å². The number of fused-ring (bicyclic) bond motifs is 1. The number of nitrogens with two attached hydrogens (primary N) is 1. The van der Waals surface area contributed by atoms with E-state index in [1.54, 1.807) is 30.3 Å². The lowest BCUT2D eigenvalue weighted by Crippen LogP contribution is -2.18. The van der Waals surface area contributed by atoms with Gasteiger partial charge in [-0.15, -0.1) is 13.2 Å². The summed E-state index contributed by atoms with van der Waals surface area (Å²) in [6.45, 7) is 0. The molecule has 0 unspecified atom stereocenters. The van der Waals surface area contributed by atoms with Gasteiger partial charge in [-0.1, -0.05) is 30.3 Å². The Kier molecular flexibility index (Phi) is 5.98. The summed E-state index contributed by atoms with van der Waals surface area (Å²) in [6, 6.07) is 19.2. The van der Waals surface area contributed by atoms with Gasteiger partial charge in [-0.2, -0.15) is 0 Å². The first-order chi connectivity index (χ1) is 16.0. The average molecular weight is 487 g/mol. The second-order valence-corrected chi connectivity index (χ2v) is 8.70. The molecule has 1 heterocycles. The van der Waals surface area contributed by atoms with Gasteiger partial charge >= 0.3 is 6.36 Å². The SMILES string of the molecule is NS(=O)(=O)c1ccccc1NC(=O)c1ccc(-c2ccc3cc(OC(F)(F)F)ccc3n2)cc1. The average Bonchev–Trinajstić information content (AvgIpc) is 2.77. The molecule has 11 heteroatoms. The number of anilines is 1. The van der Waals surface area contributed by atoms with Crippen LogP contribution in [0.15, 0.2) is 83.8 Å². The van der Waals surface area contributed by atoms with E-state index in [1.807, 2.05) is 0 Å². The highest BCUT2D eigenvalue weighted by atomic mass is 32.2. The molecule has 3 aromatic carbocycles. The molecule has 0 aliphatic heterocycles. The second-order valence-electron chi connectivity index (χ2n) is 7.17. The van der Waals surface area contributed by atoms with Crippen molar-refractivity contribution in [3.05, 3.63) is 84.4 Å². The molecule has 0 atom stereocenters. The molecular formula is C23H16F3N3O4S. The zero-order valence-electron chi connectivity index (χ0n) is 17.2. The van der Waals surface area contributed by atoms with Crippen LogP contribution in [0.5, 0.6) is 5.75 Å². The fourth-order valence-corrected chi connectivity index (χ4v) is 3.96. The Morgan fingerprint density at radius 3 is 2.32 bits per heavy atom. The number of sulfonamides is 1. The number of alkyl halides is 3. The third-order valence-corrected chi connectivity index (χ3v) is 5.75. The second kappa shape index (κ2) is 8.76. The van der Waals surface area contributed by atoms with E-state index in [0.29, 0.717) is 22.2 Å². The van der Waals surface area contributed by atoms with E-state index in [2.05, 4.69) is 15.0 Å². The Morgan fingerprint density at radius 2 is 1.65 bits per heavy atom. The van der Waals surface area contributed by atoms with E-state index in [9.17, 15) is 26.4 Å². The zero-order chi connectivity index (χ0) is 24.5. The predicted octanol–water partition coefficient (Wildman–Crippen LogP) is 4.70. The normalized spacial score (nSPS) is 11.9. The maximum atomic E-state index is 12.6. The highest BCUT2D eigenvalue weighted by molar-refractivity contribution is 7.89. The summed E-state index contributed by atoms with van der Waals surface area (Å²) in [7, 11) is -4.02. The van der Waals surface area contributed by atoms with E-state index < -0.39 is 22.3 Å². The van der Waals surface area contributed by atoms with Crippen LogP contribution in [0, 0.1) is 0 Å². The maximum absolute atomic E-state index is 12.6. The molecule has 0 aliphatic carbocycles. The summed E-state index contributed by atoms with van der Waals surface area (Å²) in [4.78, 5) is 16.8. The van der Waals surface area contributed by atoms with Crippen molar-refractivity contribution in [2.24, 2.45) is 5.14 Å². The van der Waals surface area contributed by atoms with Crippen LogP contribution >= 0.6 is 0 Å². The standard InChI is InChI=1S/C23H16F3N3O4S/c24-23(25,26)33-17-10-12-19-16(13-17)9-11-18(28-19)14-5-7-15(8-6-14)22(30)29-20-3-1-2-4-21(20)34(27,31)32/h1-13H,(H,29,30)(H2,27,31,32). The van der Waals surface area contributed by atoms with Gasteiger partial charge in [-0.25, -0.2) is 18.5 Å². The number of ether oxygens (including phenoxy) is 1. The van der Waals surface area contributed by atoms with Crippen molar-refractivity contribution >= 4 is 32.5 Å². The van der Waals surface area contributed by atoms with Gasteiger partial charge in [0.15, 0.2) is 0 Å². The number of benzene rings is 3. The fourth-order valence-electron chi connectivity index (χ4n) is 3.27. The van der Waals surface area contributed by atoms with E-state index >= 15 is 0 Å². The van der Waals surface area contributed by atoms with Crippen molar-refractivity contribution in [1.82, 2.24) is 4.98 Å². The molecule has 1 amide bonds. The predicted molar refractivity (Wildman–Crippen MR) is 120 cm³/mol. The Hall–Kier alpha value is -3.96. The van der Waals surface area contributed by atoms with Gasteiger partial charge in [0.05, 0.1) is 16.9 Å². The first kappa shape index (κ1) is 23.2. The molecule has 4 aromatic rings. The first-order valence-corrected chi connectivity index (χ1v) is 11.2. The molecule has 0 fully saturated rings. The van der Waals surface area contributed by atoms with Crippen molar-refractivity contribution < 1.29 is 31.1 Å². The van der Waals surface area contributed by atoms with Gasteiger partial charge in [0, 0.05) is 16.5 Å². The number of hydrogen-bond donors (Lipinski definition) is 2. The number of hydrogen-bond acceptors (Lipinski definition) is 5. The van der Waals surface area contributed by atoms with Gasteiger partial charge in [0.2, 0.25) is 10.0 Å². The summed E-state index contributed by atoms with van der Waals surface area (Å²) in [5.74, 6) is -0.875. The van der Waals surface area contributed by atoms with Gasteiger partial charge < -0.3 is 10.1 Å². The van der Waals surface area contributed by atoms with Crippen molar-refractivity contribution in [2.75, 3.05) is 5.32 Å². The summed E-state index contributed by atoms with van der Waals surface area (Å²) in [5, 5.41) is 8.19. The quantitative estimate of drug-likeness (QED) is 0.424. The zero-order valence-corrected chi connectivity index (χ0v) is 18.0. The molecule has 0 saturated heterocycles. The molecule has 174 valence electrons. The van der Waals surface area contributed by atoms with Crippen LogP contribution in [0.25, 0.3) is 22.2 Å². The lowest BCUT2D eigenvalue weighted by Gasteiger charge is -2.11. The number of aromatic nitrogens is 1. The number of halogens is 3. The summed E-state index contributed by atoms with van der Waals surface area (Å²) < 4.78 is 64.6. The van der Waals surface area contributed by atoms with Gasteiger partial charge in [0.1, 0.15) is 10.6 Å². The van der Waals surface area contributed by atoms with Crippen LogP contribution in [-0.4, -0.2) is 25.7 Å². The molecule has 34 heavy (non-hydrogen) atoms. The monoisotopic (exact) mass is 487 g/mol. The van der Waals surface area contributed by atoms with Crippen molar-refractivity contribution in [1.29, 1.82) is 0 Å². The Balaban J connectivity index is 1.54. The van der Waals surface area contributed by atoms with E-state index in [-0.39, 0.29) is 21.9 Å². The number of rotatable bonds is 5. The van der Waals surface area contributed by atoms with Gasteiger partial charge in [-0.3, -0.25) is 4.79 Å².